The number of thioether (sulfide) groups is 1. The number of carbonyl (C=O) groups excluding carboxylic acids is 1. The molecular formula is C14H23N3O3S. The van der Waals surface area contributed by atoms with E-state index < -0.39 is 0 Å². The van der Waals surface area contributed by atoms with Crippen molar-refractivity contribution in [3.63, 3.8) is 0 Å². The van der Waals surface area contributed by atoms with Gasteiger partial charge in [0.25, 0.3) is 5.56 Å². The Morgan fingerprint density at radius 2 is 2.05 bits per heavy atom. The summed E-state index contributed by atoms with van der Waals surface area (Å²) >= 11 is 1.25. The van der Waals surface area contributed by atoms with Crippen molar-refractivity contribution >= 4 is 17.7 Å². The second-order valence-corrected chi connectivity index (χ2v) is 5.61. The summed E-state index contributed by atoms with van der Waals surface area (Å²) in [4.78, 5) is 32.4. The molecule has 118 valence electrons. The van der Waals surface area contributed by atoms with Crippen LogP contribution in [0.15, 0.2) is 16.0 Å². The molecule has 0 aliphatic heterocycles. The first-order valence-electron chi connectivity index (χ1n) is 7.10. The van der Waals surface area contributed by atoms with Crippen molar-refractivity contribution in [1.29, 1.82) is 0 Å². The maximum absolute atomic E-state index is 12.2. The summed E-state index contributed by atoms with van der Waals surface area (Å²) in [6.45, 7) is 5.91. The largest absolute Gasteiger partial charge is 0.378 e. The lowest BCUT2D eigenvalue weighted by molar-refractivity contribution is -0.128. The first-order valence-corrected chi connectivity index (χ1v) is 8.09. The minimum absolute atomic E-state index is 0.0727. The van der Waals surface area contributed by atoms with E-state index in [1.807, 2.05) is 4.90 Å². The van der Waals surface area contributed by atoms with Crippen molar-refractivity contribution < 1.29 is 9.53 Å². The Kier molecular flexibility index (Phi) is 8.07. The van der Waals surface area contributed by atoms with Crippen molar-refractivity contribution in [3.8, 4) is 0 Å². The molecule has 1 rings (SSSR count). The molecule has 1 aromatic rings. The highest BCUT2D eigenvalue weighted by Crippen LogP contribution is 2.13. The number of nitrogens with one attached hydrogen (secondary N) is 1. The first-order chi connectivity index (χ1) is 10.1. The Morgan fingerprint density at radius 3 is 2.62 bits per heavy atom. The molecule has 0 spiro atoms. The lowest BCUT2D eigenvalue weighted by Gasteiger charge is -2.21. The zero-order valence-electron chi connectivity index (χ0n) is 12.8. The van der Waals surface area contributed by atoms with Crippen LogP contribution in [-0.2, 0) is 16.1 Å². The van der Waals surface area contributed by atoms with Gasteiger partial charge in [-0.25, -0.2) is 4.98 Å². The van der Waals surface area contributed by atoms with Gasteiger partial charge in [-0.1, -0.05) is 25.6 Å². The molecule has 0 bridgehead atoms. The minimum atomic E-state index is -0.231. The molecule has 6 nitrogen and oxygen atoms in total. The van der Waals surface area contributed by atoms with Crippen molar-refractivity contribution in [2.75, 3.05) is 26.0 Å². The third kappa shape index (κ3) is 6.31. The number of H-pyrrole nitrogens is 1. The third-order valence-electron chi connectivity index (χ3n) is 2.74. The lowest BCUT2D eigenvalue weighted by Crippen LogP contribution is -2.33. The molecule has 0 radical (unpaired) electrons. The van der Waals surface area contributed by atoms with Crippen molar-refractivity contribution in [2.24, 2.45) is 0 Å². The number of ether oxygens (including phenoxy) is 1. The average Bonchev–Trinajstić information content (AvgIpc) is 2.44. The van der Waals surface area contributed by atoms with E-state index >= 15 is 0 Å². The summed E-state index contributed by atoms with van der Waals surface area (Å²) < 4.78 is 4.97. The predicted molar refractivity (Wildman–Crippen MR) is 83.5 cm³/mol. The highest BCUT2D eigenvalue weighted by atomic mass is 32.2. The maximum atomic E-state index is 12.2. The van der Waals surface area contributed by atoms with Gasteiger partial charge in [0, 0.05) is 26.3 Å². The number of amides is 1. The molecule has 0 aliphatic rings. The van der Waals surface area contributed by atoms with Gasteiger partial charge in [0.15, 0.2) is 5.16 Å². The molecule has 0 atom stereocenters. The van der Waals surface area contributed by atoms with Crippen LogP contribution in [0.4, 0.5) is 0 Å². The van der Waals surface area contributed by atoms with Gasteiger partial charge >= 0.3 is 0 Å². The van der Waals surface area contributed by atoms with E-state index in [-0.39, 0.29) is 23.8 Å². The fourth-order valence-corrected chi connectivity index (χ4v) is 2.69. The van der Waals surface area contributed by atoms with Gasteiger partial charge in [-0.05, 0) is 12.8 Å². The smallest absolute Gasteiger partial charge is 0.251 e. The minimum Gasteiger partial charge on any atom is -0.378 e. The van der Waals surface area contributed by atoms with Gasteiger partial charge < -0.3 is 14.6 Å². The first kappa shape index (κ1) is 17.7. The van der Waals surface area contributed by atoms with Gasteiger partial charge in [-0.2, -0.15) is 0 Å². The number of aromatic nitrogens is 2. The van der Waals surface area contributed by atoms with Gasteiger partial charge in [-0.15, -0.1) is 0 Å². The molecule has 7 heteroatoms. The van der Waals surface area contributed by atoms with E-state index in [1.54, 1.807) is 7.11 Å². The number of carbonyl (C=O) groups is 1. The number of rotatable bonds is 9. The average molecular weight is 313 g/mol. The standard InChI is InChI=1S/C14H23N3O3S/c1-4-6-17(7-5-2)13(19)10-21-14-15-11(9-20-3)8-12(18)16-14/h8H,4-7,9-10H2,1-3H3,(H,15,16,18). The van der Waals surface area contributed by atoms with Crippen LogP contribution >= 0.6 is 11.8 Å². The van der Waals surface area contributed by atoms with E-state index in [1.165, 1.54) is 17.8 Å². The van der Waals surface area contributed by atoms with E-state index in [0.717, 1.165) is 25.9 Å². The van der Waals surface area contributed by atoms with Gasteiger partial charge in [0.2, 0.25) is 5.91 Å². The maximum Gasteiger partial charge on any atom is 0.251 e. The molecular weight excluding hydrogens is 290 g/mol. The summed E-state index contributed by atoms with van der Waals surface area (Å²) in [5.41, 5.74) is 0.334. The molecule has 1 heterocycles. The van der Waals surface area contributed by atoms with Crippen LogP contribution in [0.25, 0.3) is 0 Å². The molecule has 0 saturated heterocycles. The van der Waals surface area contributed by atoms with Crippen LogP contribution in [0.3, 0.4) is 0 Å². The Balaban J connectivity index is 2.64. The third-order valence-corrected chi connectivity index (χ3v) is 3.60. The van der Waals surface area contributed by atoms with Crippen LogP contribution in [0.5, 0.6) is 0 Å². The zero-order chi connectivity index (χ0) is 15.7. The second-order valence-electron chi connectivity index (χ2n) is 4.64. The predicted octanol–water partition coefficient (Wildman–Crippen LogP) is 1.66. The quantitative estimate of drug-likeness (QED) is 0.554. The number of nitrogens with zero attached hydrogens (tertiary/aromatic N) is 2. The monoisotopic (exact) mass is 313 g/mol. The number of aromatic amines is 1. The summed E-state index contributed by atoms with van der Waals surface area (Å²) in [6, 6.07) is 1.40. The van der Waals surface area contributed by atoms with E-state index in [0.29, 0.717) is 10.9 Å². The van der Waals surface area contributed by atoms with Crippen molar-refractivity contribution in [1.82, 2.24) is 14.9 Å². The van der Waals surface area contributed by atoms with Crippen molar-refractivity contribution in [3.05, 3.63) is 22.1 Å². The molecule has 1 aromatic heterocycles. The molecule has 0 fully saturated rings. The van der Waals surface area contributed by atoms with Gasteiger partial charge in [-0.3, -0.25) is 9.59 Å². The molecule has 1 N–H and O–H groups in total. The number of methoxy groups -OCH3 is 1. The zero-order valence-corrected chi connectivity index (χ0v) is 13.7. The Bertz CT molecular complexity index is 498. The second kappa shape index (κ2) is 9.57. The Hall–Kier alpha value is -1.34. The normalized spacial score (nSPS) is 10.6. The van der Waals surface area contributed by atoms with Crippen molar-refractivity contribution in [2.45, 2.75) is 38.5 Å². The van der Waals surface area contributed by atoms with Gasteiger partial charge in [0.1, 0.15) is 0 Å². The molecule has 1 amide bonds. The summed E-state index contributed by atoms with van der Waals surface area (Å²) in [6.07, 6.45) is 1.88. The number of hydrogen-bond acceptors (Lipinski definition) is 5. The van der Waals surface area contributed by atoms with Crippen LogP contribution in [0, 0.1) is 0 Å². The van der Waals surface area contributed by atoms with E-state index in [4.69, 9.17) is 4.74 Å². The Labute approximate surface area is 129 Å². The molecule has 0 saturated carbocycles. The summed E-state index contributed by atoms with van der Waals surface area (Å²) in [5.74, 6) is 0.350. The fourth-order valence-electron chi connectivity index (χ4n) is 1.90. The van der Waals surface area contributed by atoms with E-state index in [2.05, 4.69) is 23.8 Å². The summed E-state index contributed by atoms with van der Waals surface area (Å²) in [5, 5.41) is 0.454. The SMILES string of the molecule is CCCN(CCC)C(=O)CSc1nc(COC)cc(=O)[nH]1. The Morgan fingerprint density at radius 1 is 1.38 bits per heavy atom. The molecule has 21 heavy (non-hydrogen) atoms. The fraction of sp³-hybridized carbons (Fsp3) is 0.643. The molecule has 0 unspecified atom stereocenters. The lowest BCUT2D eigenvalue weighted by atomic mass is 10.3. The van der Waals surface area contributed by atoms with Crippen LogP contribution in [0.1, 0.15) is 32.4 Å². The highest BCUT2D eigenvalue weighted by molar-refractivity contribution is 7.99. The summed E-state index contributed by atoms with van der Waals surface area (Å²) in [7, 11) is 1.55. The van der Waals surface area contributed by atoms with Crippen LogP contribution in [0.2, 0.25) is 0 Å². The molecule has 0 aromatic carbocycles. The molecule has 0 aliphatic carbocycles. The van der Waals surface area contributed by atoms with Crippen LogP contribution < -0.4 is 5.56 Å². The van der Waals surface area contributed by atoms with E-state index in [9.17, 15) is 9.59 Å². The topological polar surface area (TPSA) is 75.3 Å². The number of hydrogen-bond donors (Lipinski definition) is 1. The van der Waals surface area contributed by atoms with Crippen LogP contribution in [-0.4, -0.2) is 46.7 Å². The van der Waals surface area contributed by atoms with Gasteiger partial charge in [0.05, 0.1) is 18.1 Å². The highest BCUT2D eigenvalue weighted by Gasteiger charge is 2.13.